The fourth-order valence-electron chi connectivity index (χ4n) is 2.70. The van der Waals surface area contributed by atoms with Gasteiger partial charge >= 0.3 is 0 Å². The molecule has 2 aromatic rings. The van der Waals surface area contributed by atoms with Gasteiger partial charge in [0.25, 0.3) is 0 Å². The molecule has 0 aliphatic heterocycles. The lowest BCUT2D eigenvalue weighted by Crippen LogP contribution is -2.13. The molecule has 1 aromatic heterocycles. The van der Waals surface area contributed by atoms with Crippen LogP contribution in [0.15, 0.2) is 18.2 Å². The van der Waals surface area contributed by atoms with Crippen molar-refractivity contribution in [3.63, 3.8) is 0 Å². The minimum Gasteiger partial charge on any atom is -0.397 e. The van der Waals surface area contributed by atoms with Crippen molar-refractivity contribution < 1.29 is 0 Å². The summed E-state index contributed by atoms with van der Waals surface area (Å²) in [6, 6.07) is 5.39. The normalized spacial score (nSPS) is 16.7. The maximum atomic E-state index is 6.01. The van der Waals surface area contributed by atoms with E-state index >= 15 is 0 Å². The monoisotopic (exact) mass is 277 g/mol. The van der Waals surface area contributed by atoms with E-state index in [-0.39, 0.29) is 0 Å². The van der Waals surface area contributed by atoms with E-state index in [0.29, 0.717) is 16.6 Å². The van der Waals surface area contributed by atoms with Crippen LogP contribution in [-0.4, -0.2) is 20.2 Å². The number of halogens is 1. The Balaban J connectivity index is 1.99. The summed E-state index contributed by atoms with van der Waals surface area (Å²) < 4.78 is 1.75. The second-order valence-corrected chi connectivity index (χ2v) is 5.42. The Morgan fingerprint density at radius 1 is 1.21 bits per heavy atom. The van der Waals surface area contributed by atoms with Crippen molar-refractivity contribution in [3.8, 4) is 5.69 Å². The zero-order valence-corrected chi connectivity index (χ0v) is 11.3. The van der Waals surface area contributed by atoms with Gasteiger partial charge in [-0.25, -0.2) is 0 Å². The third-order valence-corrected chi connectivity index (χ3v) is 3.92. The second-order valence-electron chi connectivity index (χ2n) is 4.99. The van der Waals surface area contributed by atoms with Gasteiger partial charge in [-0.3, -0.25) is 0 Å². The van der Waals surface area contributed by atoms with Gasteiger partial charge in [-0.15, -0.1) is 5.10 Å². The Bertz CT molecular complexity index is 574. The molecular formula is C13H16ClN5. The molecule has 0 spiro atoms. The molecule has 19 heavy (non-hydrogen) atoms. The summed E-state index contributed by atoms with van der Waals surface area (Å²) in [7, 11) is 0. The second kappa shape index (κ2) is 5.17. The molecule has 1 heterocycles. The average Bonchev–Trinajstić information content (AvgIpc) is 2.89. The van der Waals surface area contributed by atoms with E-state index in [1.54, 1.807) is 16.8 Å². The van der Waals surface area contributed by atoms with Gasteiger partial charge in [-0.1, -0.05) is 30.9 Å². The molecule has 0 radical (unpaired) electrons. The van der Waals surface area contributed by atoms with Gasteiger partial charge in [0.05, 0.1) is 11.4 Å². The average molecular weight is 278 g/mol. The number of rotatable bonds is 2. The number of nitrogens with two attached hydrogens (primary N) is 1. The topological polar surface area (TPSA) is 69.6 Å². The van der Waals surface area contributed by atoms with E-state index in [9.17, 15) is 0 Å². The number of aromatic nitrogens is 4. The van der Waals surface area contributed by atoms with Gasteiger partial charge in [0, 0.05) is 10.9 Å². The lowest BCUT2D eigenvalue weighted by atomic mass is 9.88. The Morgan fingerprint density at radius 2 is 2.00 bits per heavy atom. The summed E-state index contributed by atoms with van der Waals surface area (Å²) in [5, 5.41) is 12.7. The summed E-state index contributed by atoms with van der Waals surface area (Å²) >= 11 is 5.93. The molecule has 0 unspecified atom stereocenters. The summed E-state index contributed by atoms with van der Waals surface area (Å²) in [5.41, 5.74) is 7.41. The number of anilines is 1. The highest BCUT2D eigenvalue weighted by Gasteiger charge is 2.23. The number of nitrogens with zero attached hydrogens (tertiary/aromatic N) is 4. The number of tetrazole rings is 1. The summed E-state index contributed by atoms with van der Waals surface area (Å²) in [6.45, 7) is 0. The Morgan fingerprint density at radius 3 is 2.74 bits per heavy atom. The molecule has 1 aliphatic rings. The molecule has 0 amide bonds. The molecule has 1 aromatic carbocycles. The lowest BCUT2D eigenvalue weighted by Gasteiger charge is -2.20. The molecule has 0 bridgehead atoms. The predicted octanol–water partition coefficient (Wildman–Crippen LogP) is 2.95. The number of benzene rings is 1. The van der Waals surface area contributed by atoms with Crippen molar-refractivity contribution in [3.05, 3.63) is 29.0 Å². The van der Waals surface area contributed by atoms with Crippen LogP contribution in [-0.2, 0) is 0 Å². The van der Waals surface area contributed by atoms with Crippen molar-refractivity contribution in [2.45, 2.75) is 38.0 Å². The molecule has 3 rings (SSSR count). The van der Waals surface area contributed by atoms with Crippen LogP contribution in [0.25, 0.3) is 5.69 Å². The zero-order valence-electron chi connectivity index (χ0n) is 10.6. The Kier molecular flexibility index (Phi) is 3.38. The van der Waals surface area contributed by atoms with Gasteiger partial charge in [0.1, 0.15) is 0 Å². The molecule has 1 aliphatic carbocycles. The first kappa shape index (κ1) is 12.4. The largest absolute Gasteiger partial charge is 0.397 e. The first-order chi connectivity index (χ1) is 9.25. The molecule has 2 N–H and O–H groups in total. The van der Waals surface area contributed by atoms with Gasteiger partial charge in [0.2, 0.25) is 0 Å². The quantitative estimate of drug-likeness (QED) is 0.857. The first-order valence-corrected chi connectivity index (χ1v) is 6.97. The highest BCUT2D eigenvalue weighted by Crippen LogP contribution is 2.33. The van der Waals surface area contributed by atoms with E-state index in [0.717, 1.165) is 24.4 Å². The van der Waals surface area contributed by atoms with Crippen LogP contribution in [0.1, 0.15) is 43.8 Å². The van der Waals surface area contributed by atoms with Crippen LogP contribution in [0.2, 0.25) is 5.02 Å². The van der Waals surface area contributed by atoms with Gasteiger partial charge in [0.15, 0.2) is 5.82 Å². The molecule has 0 saturated heterocycles. The van der Waals surface area contributed by atoms with Crippen LogP contribution in [0.5, 0.6) is 0 Å². The third kappa shape index (κ3) is 2.42. The molecule has 1 saturated carbocycles. The van der Waals surface area contributed by atoms with Gasteiger partial charge in [-0.05, 0) is 41.5 Å². The highest BCUT2D eigenvalue weighted by molar-refractivity contribution is 6.30. The summed E-state index contributed by atoms with van der Waals surface area (Å²) in [5.74, 6) is 1.34. The maximum absolute atomic E-state index is 6.01. The van der Waals surface area contributed by atoms with E-state index in [1.165, 1.54) is 19.3 Å². The van der Waals surface area contributed by atoms with E-state index < -0.39 is 0 Å². The molecular weight excluding hydrogens is 262 g/mol. The molecule has 5 nitrogen and oxygen atoms in total. The van der Waals surface area contributed by atoms with E-state index in [4.69, 9.17) is 17.3 Å². The first-order valence-electron chi connectivity index (χ1n) is 6.59. The molecule has 1 fully saturated rings. The molecule has 100 valence electrons. The zero-order chi connectivity index (χ0) is 13.2. The van der Waals surface area contributed by atoms with Crippen LogP contribution < -0.4 is 5.73 Å². The fraction of sp³-hybridized carbons (Fsp3) is 0.462. The smallest absolute Gasteiger partial charge is 0.159 e. The summed E-state index contributed by atoms with van der Waals surface area (Å²) in [4.78, 5) is 0. The van der Waals surface area contributed by atoms with Crippen molar-refractivity contribution in [2.75, 3.05) is 5.73 Å². The highest BCUT2D eigenvalue weighted by atomic mass is 35.5. The van der Waals surface area contributed by atoms with Crippen LogP contribution in [0.4, 0.5) is 5.69 Å². The van der Waals surface area contributed by atoms with Crippen molar-refractivity contribution >= 4 is 17.3 Å². The third-order valence-electron chi connectivity index (χ3n) is 3.68. The van der Waals surface area contributed by atoms with Crippen molar-refractivity contribution in [1.82, 2.24) is 20.2 Å². The Hall–Kier alpha value is -1.62. The lowest BCUT2D eigenvalue weighted by molar-refractivity contribution is 0.422. The minimum atomic E-state index is 0.429. The van der Waals surface area contributed by atoms with Crippen LogP contribution in [0.3, 0.4) is 0 Å². The number of hydrogen-bond acceptors (Lipinski definition) is 4. The van der Waals surface area contributed by atoms with Crippen LogP contribution >= 0.6 is 11.6 Å². The number of hydrogen-bond donors (Lipinski definition) is 1. The predicted molar refractivity (Wildman–Crippen MR) is 74.4 cm³/mol. The Labute approximate surface area is 116 Å². The molecule has 6 heteroatoms. The van der Waals surface area contributed by atoms with Gasteiger partial charge in [-0.2, -0.15) is 4.68 Å². The van der Waals surface area contributed by atoms with E-state index in [2.05, 4.69) is 15.5 Å². The van der Waals surface area contributed by atoms with E-state index in [1.807, 2.05) is 6.07 Å². The number of nitrogen functional groups attached to an aromatic ring is 1. The minimum absolute atomic E-state index is 0.429. The van der Waals surface area contributed by atoms with Crippen molar-refractivity contribution in [2.24, 2.45) is 0 Å². The maximum Gasteiger partial charge on any atom is 0.159 e. The SMILES string of the molecule is Nc1cc(Cl)ccc1-n1nnnc1C1CCCCC1. The molecule has 0 atom stereocenters. The van der Waals surface area contributed by atoms with Gasteiger partial charge < -0.3 is 5.73 Å². The van der Waals surface area contributed by atoms with Crippen LogP contribution in [0, 0.1) is 0 Å². The van der Waals surface area contributed by atoms with Crippen molar-refractivity contribution in [1.29, 1.82) is 0 Å². The standard InChI is InChI=1S/C13H16ClN5/c14-10-6-7-12(11(15)8-10)19-13(16-17-18-19)9-4-2-1-3-5-9/h6-9H,1-5,15H2. The fourth-order valence-corrected chi connectivity index (χ4v) is 2.88. The summed E-state index contributed by atoms with van der Waals surface area (Å²) in [6.07, 6.45) is 6.09.